The quantitative estimate of drug-likeness (QED) is 0.741. The van der Waals surface area contributed by atoms with Crippen LogP contribution in [0.2, 0.25) is 0 Å². The van der Waals surface area contributed by atoms with E-state index in [0.29, 0.717) is 31.5 Å². The number of piperidine rings is 1. The molecule has 0 aromatic heterocycles. The molecule has 1 atom stereocenters. The van der Waals surface area contributed by atoms with Gasteiger partial charge in [0.1, 0.15) is 0 Å². The lowest BCUT2D eigenvalue weighted by atomic mass is 10.00. The van der Waals surface area contributed by atoms with Crippen molar-refractivity contribution in [1.29, 1.82) is 0 Å². The molecule has 124 valence electrons. The van der Waals surface area contributed by atoms with Crippen molar-refractivity contribution in [3.8, 4) is 0 Å². The molecule has 0 amide bonds. The van der Waals surface area contributed by atoms with E-state index in [1.165, 1.54) is 0 Å². The Morgan fingerprint density at radius 3 is 2.57 bits per heavy atom. The molecule has 1 saturated carbocycles. The molecule has 0 radical (unpaired) electrons. The molecule has 0 aromatic rings. The smallest absolute Gasteiger partial charge is 0.282 e. The van der Waals surface area contributed by atoms with E-state index in [2.05, 4.69) is 19.2 Å². The van der Waals surface area contributed by atoms with Crippen molar-refractivity contribution >= 4 is 10.2 Å². The van der Waals surface area contributed by atoms with Gasteiger partial charge in [0.05, 0.1) is 0 Å². The third-order valence-corrected chi connectivity index (χ3v) is 6.54. The van der Waals surface area contributed by atoms with Crippen molar-refractivity contribution < 1.29 is 8.42 Å². The molecule has 21 heavy (non-hydrogen) atoms. The molecule has 0 bridgehead atoms. The zero-order valence-corrected chi connectivity index (χ0v) is 14.5. The Hall–Kier alpha value is -0.170. The zero-order chi connectivity index (χ0) is 15.5. The van der Waals surface area contributed by atoms with Gasteiger partial charge in [0.15, 0.2) is 0 Å². The van der Waals surface area contributed by atoms with Crippen LogP contribution in [0.25, 0.3) is 0 Å². The van der Waals surface area contributed by atoms with Crippen LogP contribution in [0.4, 0.5) is 0 Å². The predicted octanol–water partition coefficient (Wildman–Crippen LogP) is 1.67. The van der Waals surface area contributed by atoms with Crippen LogP contribution in [-0.4, -0.2) is 56.3 Å². The highest BCUT2D eigenvalue weighted by atomic mass is 32.2. The number of hydrogen-bond donors (Lipinski definition) is 1. The predicted molar refractivity (Wildman–Crippen MR) is 86.3 cm³/mol. The zero-order valence-electron chi connectivity index (χ0n) is 13.7. The lowest BCUT2D eigenvalue weighted by Gasteiger charge is -2.36. The number of nitrogens with zero attached hydrogens (tertiary/aromatic N) is 2. The van der Waals surface area contributed by atoms with Crippen LogP contribution in [0, 0.1) is 11.8 Å². The summed E-state index contributed by atoms with van der Waals surface area (Å²) >= 11 is 0. The maximum absolute atomic E-state index is 13.0. The van der Waals surface area contributed by atoms with E-state index in [4.69, 9.17) is 0 Å². The van der Waals surface area contributed by atoms with Gasteiger partial charge in [-0.2, -0.15) is 17.0 Å². The van der Waals surface area contributed by atoms with Crippen LogP contribution in [0.3, 0.4) is 0 Å². The van der Waals surface area contributed by atoms with Gasteiger partial charge in [-0.3, -0.25) is 0 Å². The second kappa shape index (κ2) is 7.40. The van der Waals surface area contributed by atoms with Gasteiger partial charge in [-0.15, -0.1) is 0 Å². The van der Waals surface area contributed by atoms with E-state index in [1.807, 2.05) is 7.05 Å². The maximum atomic E-state index is 13.0. The van der Waals surface area contributed by atoms with Crippen LogP contribution in [0.15, 0.2) is 0 Å². The first kappa shape index (κ1) is 17.2. The molecule has 6 heteroatoms. The first-order valence-electron chi connectivity index (χ1n) is 8.36. The van der Waals surface area contributed by atoms with Gasteiger partial charge in [-0.1, -0.05) is 13.8 Å². The molecule has 0 spiro atoms. The molecule has 0 aromatic carbocycles. The van der Waals surface area contributed by atoms with Crippen LogP contribution < -0.4 is 5.32 Å². The summed E-state index contributed by atoms with van der Waals surface area (Å²) in [5.74, 6) is 0.990. The number of hydrogen-bond acceptors (Lipinski definition) is 3. The van der Waals surface area contributed by atoms with Crippen molar-refractivity contribution in [1.82, 2.24) is 13.9 Å². The Morgan fingerprint density at radius 2 is 2.00 bits per heavy atom. The SMILES string of the molecule is CNCC1CCCN(S(=O)(=O)N(CCC(C)C)C2CC2)C1. The van der Waals surface area contributed by atoms with E-state index < -0.39 is 10.2 Å². The Morgan fingerprint density at radius 1 is 1.29 bits per heavy atom. The van der Waals surface area contributed by atoms with Crippen molar-refractivity contribution in [2.45, 2.75) is 52.0 Å². The first-order chi connectivity index (χ1) is 9.95. The summed E-state index contributed by atoms with van der Waals surface area (Å²) in [4.78, 5) is 0. The van der Waals surface area contributed by atoms with Crippen molar-refractivity contribution in [3.05, 3.63) is 0 Å². The third-order valence-electron chi connectivity index (χ3n) is 4.48. The average Bonchev–Trinajstić information content (AvgIpc) is 3.23. The molecule has 1 unspecified atom stereocenters. The number of rotatable bonds is 8. The van der Waals surface area contributed by atoms with Crippen molar-refractivity contribution in [2.24, 2.45) is 11.8 Å². The minimum absolute atomic E-state index is 0.262. The fourth-order valence-electron chi connectivity index (χ4n) is 3.07. The molecule has 2 fully saturated rings. The lowest BCUT2D eigenvalue weighted by molar-refractivity contribution is 0.240. The summed E-state index contributed by atoms with van der Waals surface area (Å²) < 4.78 is 29.4. The second-order valence-electron chi connectivity index (χ2n) is 6.96. The summed E-state index contributed by atoms with van der Waals surface area (Å²) in [6.07, 6.45) is 5.12. The first-order valence-corrected chi connectivity index (χ1v) is 9.76. The fourth-order valence-corrected chi connectivity index (χ4v) is 5.05. The maximum Gasteiger partial charge on any atom is 0.282 e. The highest BCUT2D eigenvalue weighted by Gasteiger charge is 2.41. The minimum Gasteiger partial charge on any atom is -0.319 e. The Kier molecular flexibility index (Phi) is 6.05. The average molecular weight is 317 g/mol. The topological polar surface area (TPSA) is 52.7 Å². The van der Waals surface area contributed by atoms with Gasteiger partial charge in [0.25, 0.3) is 10.2 Å². The molecule has 1 aliphatic heterocycles. The highest BCUT2D eigenvalue weighted by Crippen LogP contribution is 2.32. The summed E-state index contributed by atoms with van der Waals surface area (Å²) in [6.45, 7) is 7.25. The highest BCUT2D eigenvalue weighted by molar-refractivity contribution is 7.86. The normalized spacial score (nSPS) is 24.9. The summed E-state index contributed by atoms with van der Waals surface area (Å²) in [5.41, 5.74) is 0. The number of nitrogens with one attached hydrogen (secondary N) is 1. The van der Waals surface area contributed by atoms with E-state index in [-0.39, 0.29) is 6.04 Å². The molecule has 1 aliphatic carbocycles. The minimum atomic E-state index is -3.27. The van der Waals surface area contributed by atoms with Gasteiger partial charge in [-0.05, 0) is 57.5 Å². The summed E-state index contributed by atoms with van der Waals surface area (Å²) in [5, 5.41) is 3.18. The molecule has 1 N–H and O–H groups in total. The van der Waals surface area contributed by atoms with Crippen LogP contribution in [0.5, 0.6) is 0 Å². The Bertz CT molecular complexity index is 419. The van der Waals surface area contributed by atoms with Gasteiger partial charge in [-0.25, -0.2) is 0 Å². The van der Waals surface area contributed by atoms with E-state index in [1.54, 1.807) is 8.61 Å². The van der Waals surface area contributed by atoms with E-state index in [9.17, 15) is 8.42 Å². The molecule has 1 saturated heterocycles. The monoisotopic (exact) mass is 317 g/mol. The van der Waals surface area contributed by atoms with Gasteiger partial charge in [0, 0.05) is 25.7 Å². The molecule has 2 aliphatic rings. The lowest BCUT2D eigenvalue weighted by Crippen LogP contribution is -2.50. The standard InChI is InChI=1S/C15H31N3O2S/c1-13(2)8-10-18(15-6-7-15)21(19,20)17-9-4-5-14(12-17)11-16-3/h13-16H,4-12H2,1-3H3. The van der Waals surface area contributed by atoms with Gasteiger partial charge in [0.2, 0.25) is 0 Å². The second-order valence-corrected chi connectivity index (χ2v) is 8.84. The fraction of sp³-hybridized carbons (Fsp3) is 1.00. The van der Waals surface area contributed by atoms with E-state index >= 15 is 0 Å². The molecule has 2 rings (SSSR count). The largest absolute Gasteiger partial charge is 0.319 e. The van der Waals surface area contributed by atoms with Gasteiger partial charge < -0.3 is 5.32 Å². The molecular formula is C15H31N3O2S. The Balaban J connectivity index is 2.03. The van der Waals surface area contributed by atoms with Crippen molar-refractivity contribution in [3.63, 3.8) is 0 Å². The van der Waals surface area contributed by atoms with Crippen LogP contribution in [0.1, 0.15) is 46.0 Å². The van der Waals surface area contributed by atoms with E-state index in [0.717, 1.165) is 38.6 Å². The molecule has 5 nitrogen and oxygen atoms in total. The third kappa shape index (κ3) is 4.65. The molecule has 1 heterocycles. The van der Waals surface area contributed by atoms with Gasteiger partial charge >= 0.3 is 0 Å². The van der Waals surface area contributed by atoms with Crippen LogP contribution >= 0.6 is 0 Å². The summed E-state index contributed by atoms with van der Waals surface area (Å²) in [7, 11) is -1.33. The van der Waals surface area contributed by atoms with Crippen LogP contribution in [-0.2, 0) is 10.2 Å². The summed E-state index contributed by atoms with van der Waals surface area (Å²) in [6, 6.07) is 0.262. The van der Waals surface area contributed by atoms with Crippen molar-refractivity contribution in [2.75, 3.05) is 33.2 Å². The Labute approximate surface area is 130 Å². The molecular weight excluding hydrogens is 286 g/mol.